The number of amides is 1. The van der Waals surface area contributed by atoms with Crippen molar-refractivity contribution in [3.8, 4) is 0 Å². The number of methoxy groups -OCH3 is 1. The Morgan fingerprint density at radius 2 is 2.12 bits per heavy atom. The number of halogens is 1. The number of hydrogen-bond acceptors (Lipinski definition) is 7. The van der Waals surface area contributed by atoms with E-state index in [0.717, 1.165) is 16.8 Å². The van der Waals surface area contributed by atoms with Crippen LogP contribution in [0.15, 0.2) is 49.3 Å². The predicted octanol–water partition coefficient (Wildman–Crippen LogP) is 2.70. The molecule has 0 spiro atoms. The zero-order valence-corrected chi connectivity index (χ0v) is 18.1. The number of pyridine rings is 2. The number of aromatic nitrogens is 4. The van der Waals surface area contributed by atoms with E-state index in [-0.39, 0.29) is 11.7 Å². The van der Waals surface area contributed by atoms with E-state index >= 15 is 0 Å². The Kier molecular flexibility index (Phi) is 5.76. The van der Waals surface area contributed by atoms with Crippen molar-refractivity contribution in [2.45, 2.75) is 26.1 Å². The molecule has 1 aliphatic rings. The van der Waals surface area contributed by atoms with E-state index in [1.165, 1.54) is 19.4 Å². The molecule has 0 aliphatic carbocycles. The highest BCUT2D eigenvalue weighted by atomic mass is 19.1. The fourth-order valence-electron chi connectivity index (χ4n) is 3.67. The highest BCUT2D eigenvalue weighted by molar-refractivity contribution is 6.05. The van der Waals surface area contributed by atoms with Crippen LogP contribution in [-0.4, -0.2) is 45.9 Å². The van der Waals surface area contributed by atoms with Gasteiger partial charge in [0, 0.05) is 37.6 Å². The Bertz CT molecular complexity index is 1180. The van der Waals surface area contributed by atoms with Gasteiger partial charge >= 0.3 is 0 Å². The minimum absolute atomic E-state index is 0.210. The van der Waals surface area contributed by atoms with Crippen molar-refractivity contribution in [3.63, 3.8) is 0 Å². The van der Waals surface area contributed by atoms with E-state index in [1.54, 1.807) is 17.1 Å². The van der Waals surface area contributed by atoms with Crippen molar-refractivity contribution in [2.75, 3.05) is 29.7 Å². The molecule has 1 atom stereocenters. The lowest BCUT2D eigenvalue weighted by Gasteiger charge is -2.36. The zero-order valence-electron chi connectivity index (χ0n) is 18.1. The van der Waals surface area contributed by atoms with Gasteiger partial charge in [-0.2, -0.15) is 5.10 Å². The first-order valence-electron chi connectivity index (χ1n) is 9.98. The minimum Gasteiger partial charge on any atom is -0.499 e. The van der Waals surface area contributed by atoms with Crippen molar-refractivity contribution >= 4 is 23.1 Å². The average Bonchev–Trinajstić information content (AvgIpc) is 3.20. The number of nitrogens with one attached hydrogen (secondary N) is 2. The number of aryl methyl sites for hydroxylation is 1. The van der Waals surface area contributed by atoms with E-state index in [1.807, 2.05) is 31.1 Å². The van der Waals surface area contributed by atoms with E-state index < -0.39 is 6.04 Å². The number of carbonyl (C=O) groups excluding carboxylic acids is 1. The monoisotopic (exact) mass is 437 g/mol. The third-order valence-electron chi connectivity index (χ3n) is 5.28. The third-order valence-corrected chi connectivity index (χ3v) is 5.28. The fourth-order valence-corrected chi connectivity index (χ4v) is 3.67. The van der Waals surface area contributed by atoms with Crippen LogP contribution in [0.3, 0.4) is 0 Å². The summed E-state index contributed by atoms with van der Waals surface area (Å²) in [6.45, 7) is 6.60. The molecule has 0 unspecified atom stereocenters. The first-order valence-corrected chi connectivity index (χ1v) is 9.98. The lowest BCUT2D eigenvalue weighted by Crippen LogP contribution is -2.47. The van der Waals surface area contributed by atoms with Crippen molar-refractivity contribution in [1.29, 1.82) is 0 Å². The number of carbonyl (C=O) groups is 1. The smallest absolute Gasteiger partial charge is 0.255 e. The lowest BCUT2D eigenvalue weighted by atomic mass is 10.1. The molecule has 1 aliphatic heterocycles. The van der Waals surface area contributed by atoms with E-state index in [9.17, 15) is 9.18 Å². The molecule has 0 saturated carbocycles. The number of fused-ring (bicyclic) bond motifs is 1. The molecule has 9 nitrogen and oxygen atoms in total. The summed E-state index contributed by atoms with van der Waals surface area (Å²) in [5.41, 5.74) is 3.86. The normalized spacial score (nSPS) is 15.2. The number of anilines is 3. The number of ether oxygens (including phenoxy) is 1. The Balaban J connectivity index is 1.48. The summed E-state index contributed by atoms with van der Waals surface area (Å²) >= 11 is 0. The summed E-state index contributed by atoms with van der Waals surface area (Å²) in [4.78, 5) is 22.7. The highest BCUT2D eigenvalue weighted by Crippen LogP contribution is 2.36. The molecule has 1 amide bonds. The van der Waals surface area contributed by atoms with Crippen LogP contribution < -0.4 is 15.5 Å². The summed E-state index contributed by atoms with van der Waals surface area (Å²) in [6, 6.07) is 2.69. The highest BCUT2D eigenvalue weighted by Gasteiger charge is 2.35. The van der Waals surface area contributed by atoms with Crippen LogP contribution in [0.5, 0.6) is 0 Å². The van der Waals surface area contributed by atoms with Crippen LogP contribution in [0.1, 0.15) is 16.8 Å². The van der Waals surface area contributed by atoms with Crippen molar-refractivity contribution in [2.24, 2.45) is 0 Å². The maximum atomic E-state index is 13.3. The molecule has 4 heterocycles. The van der Waals surface area contributed by atoms with Crippen LogP contribution in [-0.2, 0) is 22.6 Å². The van der Waals surface area contributed by atoms with Crippen molar-refractivity contribution < 1.29 is 13.9 Å². The Morgan fingerprint density at radius 3 is 2.88 bits per heavy atom. The summed E-state index contributed by atoms with van der Waals surface area (Å²) in [5, 5.41) is 10.5. The van der Waals surface area contributed by atoms with Crippen LogP contribution in [0.4, 0.5) is 21.6 Å². The second kappa shape index (κ2) is 8.66. The molecule has 0 radical (unpaired) electrons. The Hall–Kier alpha value is -3.95. The Morgan fingerprint density at radius 1 is 1.31 bits per heavy atom. The third kappa shape index (κ3) is 4.25. The molecule has 3 aromatic heterocycles. The quantitative estimate of drug-likeness (QED) is 0.549. The molecule has 166 valence electrons. The van der Waals surface area contributed by atoms with Gasteiger partial charge in [0.05, 0.1) is 43.1 Å². The van der Waals surface area contributed by atoms with E-state index in [0.29, 0.717) is 36.0 Å². The van der Waals surface area contributed by atoms with Gasteiger partial charge in [-0.25, -0.2) is 9.37 Å². The lowest BCUT2D eigenvalue weighted by molar-refractivity contribution is -0.117. The van der Waals surface area contributed by atoms with Gasteiger partial charge in [-0.05, 0) is 18.6 Å². The number of likely N-dealkylation sites (N-methyl/N-ethyl adjacent to an activating group) is 1. The second-order valence-corrected chi connectivity index (χ2v) is 7.57. The van der Waals surface area contributed by atoms with Gasteiger partial charge in [0.1, 0.15) is 17.4 Å². The number of hydrogen-bond donors (Lipinski definition) is 2. The van der Waals surface area contributed by atoms with Crippen LogP contribution in [0.2, 0.25) is 0 Å². The van der Waals surface area contributed by atoms with Gasteiger partial charge in [0.2, 0.25) is 0 Å². The van der Waals surface area contributed by atoms with Crippen LogP contribution >= 0.6 is 0 Å². The van der Waals surface area contributed by atoms with Gasteiger partial charge in [0.25, 0.3) is 5.91 Å². The second-order valence-electron chi connectivity index (χ2n) is 7.57. The molecule has 32 heavy (non-hydrogen) atoms. The van der Waals surface area contributed by atoms with Crippen LogP contribution in [0.25, 0.3) is 0 Å². The van der Waals surface area contributed by atoms with E-state index in [4.69, 9.17) is 4.74 Å². The van der Waals surface area contributed by atoms with E-state index in [2.05, 4.69) is 32.3 Å². The van der Waals surface area contributed by atoms with Gasteiger partial charge < -0.3 is 20.3 Å². The molecule has 0 fully saturated rings. The van der Waals surface area contributed by atoms with Gasteiger partial charge in [-0.3, -0.25) is 14.5 Å². The maximum absolute atomic E-state index is 13.3. The zero-order chi connectivity index (χ0) is 22.8. The molecule has 4 rings (SSSR count). The summed E-state index contributed by atoms with van der Waals surface area (Å²) in [7, 11) is 3.32. The predicted molar refractivity (Wildman–Crippen MR) is 119 cm³/mol. The topological polar surface area (TPSA) is 97.2 Å². The summed E-state index contributed by atoms with van der Waals surface area (Å²) in [5.74, 6) is 0.440. The van der Waals surface area contributed by atoms with Gasteiger partial charge in [-0.1, -0.05) is 6.58 Å². The first kappa shape index (κ1) is 21.3. The summed E-state index contributed by atoms with van der Waals surface area (Å²) in [6.07, 6.45) is 6.42. The first-order chi connectivity index (χ1) is 15.4. The van der Waals surface area contributed by atoms with Gasteiger partial charge in [-0.15, -0.1) is 0 Å². The average molecular weight is 437 g/mol. The number of nitrogens with zero attached hydrogens (tertiary/aromatic N) is 5. The molecule has 0 saturated heterocycles. The minimum atomic E-state index is -0.627. The molecule has 0 aromatic carbocycles. The number of rotatable bonds is 7. The van der Waals surface area contributed by atoms with Crippen molar-refractivity contribution in [1.82, 2.24) is 19.7 Å². The largest absolute Gasteiger partial charge is 0.499 e. The Labute approximate surface area is 184 Å². The molecule has 3 aromatic rings. The summed E-state index contributed by atoms with van der Waals surface area (Å²) < 4.78 is 20.3. The molecule has 10 heteroatoms. The molecular weight excluding hydrogens is 413 g/mol. The molecule has 2 N–H and O–H groups in total. The van der Waals surface area contributed by atoms with Crippen molar-refractivity contribution in [3.05, 3.63) is 71.9 Å². The van der Waals surface area contributed by atoms with Gasteiger partial charge in [0.15, 0.2) is 6.04 Å². The molecular formula is C22H24FN7O2. The van der Waals surface area contributed by atoms with Crippen LogP contribution in [0, 0.1) is 12.7 Å². The maximum Gasteiger partial charge on any atom is 0.255 e. The molecule has 0 bridgehead atoms. The SMILES string of the molecule is C=C(OC)[C@H]1C(=O)Nc2c(cc(NCc3cnn(Cc4cncc(F)c4)c3)nc2C)N1C. The standard InChI is InChI=1S/C22H24FN7O2/c1-13-20-18(29(3)21(14(2)32-4)22(31)28-20)6-19(27-13)25-8-16-9-26-30(12-16)11-15-5-17(23)10-24-7-15/h5-7,9-10,12,21H,2,8,11H2,1,3-4H3,(H,25,27)(H,28,31)/t21-/m0/s1. The fraction of sp³-hybridized carbons (Fsp3) is 0.273.